The van der Waals surface area contributed by atoms with Crippen LogP contribution in [0.15, 0.2) is 56.8 Å². The molecule has 2 aromatic carbocycles. The number of hydrogen-bond acceptors (Lipinski definition) is 4. The van der Waals surface area contributed by atoms with Crippen molar-refractivity contribution in [2.75, 3.05) is 5.32 Å². The number of hydrogen-bond donors (Lipinski definition) is 3. The van der Waals surface area contributed by atoms with Crippen molar-refractivity contribution < 1.29 is 4.79 Å². The molecule has 0 atom stereocenters. The van der Waals surface area contributed by atoms with E-state index in [4.69, 9.17) is 11.6 Å². The summed E-state index contributed by atoms with van der Waals surface area (Å²) in [5.41, 5.74) is -0.0947. The number of nitrogens with one attached hydrogen (secondary N) is 3. The molecule has 0 radical (unpaired) electrons. The Kier molecular flexibility index (Phi) is 5.24. The third kappa shape index (κ3) is 3.89. The largest absolute Gasteiger partial charge is 0.350 e. The monoisotopic (exact) mass is 438 g/mol. The van der Waals surface area contributed by atoms with Gasteiger partial charge in [0.15, 0.2) is 0 Å². The molecule has 8 nitrogen and oxygen atoms in total. The zero-order valence-corrected chi connectivity index (χ0v) is 17.5. The SMILES string of the molecule is CC(C)C(=O)Nc1ccc(Cn2[nH]c(=O)c3[nH]c4cc(Cl)ccc4c(=O)c3c2=O)cc1. The maximum Gasteiger partial charge on any atom is 0.287 e. The number of pyridine rings is 1. The van der Waals surface area contributed by atoms with Gasteiger partial charge in [0.05, 0.1) is 12.1 Å². The number of H-pyrrole nitrogens is 2. The Balaban J connectivity index is 1.75. The molecule has 1 amide bonds. The molecule has 0 spiro atoms. The lowest BCUT2D eigenvalue weighted by Gasteiger charge is -2.10. The summed E-state index contributed by atoms with van der Waals surface area (Å²) in [6, 6.07) is 11.5. The minimum Gasteiger partial charge on any atom is -0.350 e. The summed E-state index contributed by atoms with van der Waals surface area (Å²) in [5, 5.41) is 5.77. The van der Waals surface area contributed by atoms with E-state index in [9.17, 15) is 19.2 Å². The number of anilines is 1. The topological polar surface area (TPSA) is 117 Å². The van der Waals surface area contributed by atoms with Crippen molar-refractivity contribution >= 4 is 45.0 Å². The number of benzene rings is 2. The minimum atomic E-state index is -0.607. The van der Waals surface area contributed by atoms with Gasteiger partial charge in [0.2, 0.25) is 11.3 Å². The number of fused-ring (bicyclic) bond motifs is 2. The van der Waals surface area contributed by atoms with Crippen molar-refractivity contribution in [1.82, 2.24) is 14.8 Å². The van der Waals surface area contributed by atoms with E-state index in [0.29, 0.717) is 21.8 Å². The molecule has 0 saturated carbocycles. The summed E-state index contributed by atoms with van der Waals surface area (Å²) in [6.45, 7) is 3.65. The van der Waals surface area contributed by atoms with Gasteiger partial charge in [-0.1, -0.05) is 37.6 Å². The molecule has 0 saturated heterocycles. The molecule has 0 aliphatic heterocycles. The summed E-state index contributed by atoms with van der Waals surface area (Å²) in [7, 11) is 0. The molecular formula is C22H19ClN4O4. The van der Waals surface area contributed by atoms with Crippen molar-refractivity contribution in [2.45, 2.75) is 20.4 Å². The van der Waals surface area contributed by atoms with E-state index in [2.05, 4.69) is 15.4 Å². The Labute approximate surface area is 180 Å². The fourth-order valence-electron chi connectivity index (χ4n) is 3.28. The van der Waals surface area contributed by atoms with Crippen LogP contribution in [0.1, 0.15) is 19.4 Å². The molecule has 2 heterocycles. The molecule has 2 aromatic heterocycles. The van der Waals surface area contributed by atoms with Gasteiger partial charge >= 0.3 is 0 Å². The van der Waals surface area contributed by atoms with Gasteiger partial charge in [-0.3, -0.25) is 24.3 Å². The summed E-state index contributed by atoms with van der Waals surface area (Å²) < 4.78 is 1.10. The molecule has 31 heavy (non-hydrogen) atoms. The van der Waals surface area contributed by atoms with Gasteiger partial charge in [0, 0.05) is 22.0 Å². The third-order valence-electron chi connectivity index (χ3n) is 4.97. The highest BCUT2D eigenvalue weighted by Gasteiger charge is 2.15. The lowest BCUT2D eigenvalue weighted by Crippen LogP contribution is -2.34. The van der Waals surface area contributed by atoms with Crippen LogP contribution >= 0.6 is 11.6 Å². The van der Waals surface area contributed by atoms with Crippen LogP contribution in [0.5, 0.6) is 0 Å². The summed E-state index contributed by atoms with van der Waals surface area (Å²) in [5.74, 6) is -0.248. The minimum absolute atomic E-state index is 0.0561. The Bertz CT molecular complexity index is 1500. The van der Waals surface area contributed by atoms with Crippen molar-refractivity contribution in [3.63, 3.8) is 0 Å². The van der Waals surface area contributed by atoms with E-state index in [1.165, 1.54) is 12.1 Å². The zero-order valence-electron chi connectivity index (χ0n) is 16.8. The van der Waals surface area contributed by atoms with Crippen molar-refractivity contribution in [2.24, 2.45) is 5.92 Å². The molecule has 3 N–H and O–H groups in total. The van der Waals surface area contributed by atoms with Crippen LogP contribution < -0.4 is 21.9 Å². The van der Waals surface area contributed by atoms with E-state index in [0.717, 1.165) is 4.68 Å². The smallest absolute Gasteiger partial charge is 0.287 e. The fourth-order valence-corrected chi connectivity index (χ4v) is 3.45. The second kappa shape index (κ2) is 7.88. The first-order valence-electron chi connectivity index (χ1n) is 9.63. The number of nitrogens with zero attached hydrogens (tertiary/aromatic N) is 1. The van der Waals surface area contributed by atoms with Crippen LogP contribution in [0, 0.1) is 5.92 Å². The maximum atomic E-state index is 13.0. The number of carbonyl (C=O) groups is 1. The third-order valence-corrected chi connectivity index (χ3v) is 5.21. The highest BCUT2D eigenvalue weighted by atomic mass is 35.5. The van der Waals surface area contributed by atoms with E-state index in [1.807, 2.05) is 0 Å². The predicted octanol–water partition coefficient (Wildman–Crippen LogP) is 2.83. The summed E-state index contributed by atoms with van der Waals surface area (Å²) in [4.78, 5) is 53.1. The lowest BCUT2D eigenvalue weighted by atomic mass is 10.1. The summed E-state index contributed by atoms with van der Waals surface area (Å²) in [6.07, 6.45) is 0. The standard InChI is InChI=1S/C22H19ClN4O4/c1-11(2)20(29)24-14-6-3-12(4-7-14)10-27-22(31)17-18(21(30)26-27)25-16-9-13(23)5-8-15(16)19(17)28/h3-9,11H,10H2,1-2H3,(H,24,29)(H,25,28)(H,26,30). The van der Waals surface area contributed by atoms with E-state index < -0.39 is 16.5 Å². The van der Waals surface area contributed by atoms with Gasteiger partial charge in [-0.25, -0.2) is 4.68 Å². The van der Waals surface area contributed by atoms with Crippen LogP contribution in [-0.2, 0) is 11.3 Å². The summed E-state index contributed by atoms with van der Waals surface area (Å²) >= 11 is 5.97. The first-order valence-corrected chi connectivity index (χ1v) is 10.0. The van der Waals surface area contributed by atoms with E-state index in [-0.39, 0.29) is 34.7 Å². The number of halogens is 1. The zero-order chi connectivity index (χ0) is 22.3. The first kappa shape index (κ1) is 20.6. The molecule has 0 bridgehead atoms. The normalized spacial score (nSPS) is 11.4. The van der Waals surface area contributed by atoms with Crippen LogP contribution in [0.25, 0.3) is 21.8 Å². The van der Waals surface area contributed by atoms with Crippen molar-refractivity contribution in [3.05, 3.63) is 84.0 Å². The Hall–Kier alpha value is -3.65. The van der Waals surface area contributed by atoms with Gasteiger partial charge < -0.3 is 10.3 Å². The van der Waals surface area contributed by atoms with Gasteiger partial charge in [-0.2, -0.15) is 0 Å². The molecule has 0 unspecified atom stereocenters. The molecule has 0 fully saturated rings. The van der Waals surface area contributed by atoms with Crippen LogP contribution in [0.2, 0.25) is 5.02 Å². The van der Waals surface area contributed by atoms with Gasteiger partial charge in [0.25, 0.3) is 11.1 Å². The second-order valence-electron chi connectivity index (χ2n) is 7.57. The second-order valence-corrected chi connectivity index (χ2v) is 8.00. The Morgan fingerprint density at radius 2 is 1.81 bits per heavy atom. The maximum absolute atomic E-state index is 13.0. The molecule has 0 aliphatic carbocycles. The Morgan fingerprint density at radius 1 is 1.10 bits per heavy atom. The molecule has 4 rings (SSSR count). The average molecular weight is 439 g/mol. The fraction of sp³-hybridized carbons (Fsp3) is 0.182. The molecular weight excluding hydrogens is 420 g/mol. The molecule has 158 valence electrons. The predicted molar refractivity (Wildman–Crippen MR) is 121 cm³/mol. The number of carbonyl (C=O) groups excluding carboxylic acids is 1. The quantitative estimate of drug-likeness (QED) is 0.425. The van der Waals surface area contributed by atoms with E-state index >= 15 is 0 Å². The molecule has 9 heteroatoms. The number of aromatic amines is 2. The van der Waals surface area contributed by atoms with Crippen molar-refractivity contribution in [3.8, 4) is 0 Å². The first-order chi connectivity index (χ1) is 14.7. The van der Waals surface area contributed by atoms with Crippen LogP contribution in [0.4, 0.5) is 5.69 Å². The number of rotatable bonds is 4. The van der Waals surface area contributed by atoms with Gasteiger partial charge in [0.1, 0.15) is 10.9 Å². The average Bonchev–Trinajstić information content (AvgIpc) is 2.72. The number of aromatic nitrogens is 3. The number of amides is 1. The lowest BCUT2D eigenvalue weighted by molar-refractivity contribution is -0.118. The van der Waals surface area contributed by atoms with Gasteiger partial charge in [-0.15, -0.1) is 0 Å². The van der Waals surface area contributed by atoms with Crippen LogP contribution in [-0.4, -0.2) is 20.7 Å². The van der Waals surface area contributed by atoms with E-state index in [1.54, 1.807) is 44.2 Å². The molecule has 0 aliphatic rings. The Morgan fingerprint density at radius 3 is 2.48 bits per heavy atom. The molecule has 4 aromatic rings. The van der Waals surface area contributed by atoms with Crippen molar-refractivity contribution in [1.29, 1.82) is 0 Å². The highest BCUT2D eigenvalue weighted by Crippen LogP contribution is 2.16. The highest BCUT2D eigenvalue weighted by molar-refractivity contribution is 6.31. The van der Waals surface area contributed by atoms with Crippen LogP contribution in [0.3, 0.4) is 0 Å². The van der Waals surface area contributed by atoms with Gasteiger partial charge in [-0.05, 0) is 35.9 Å².